The molecule has 1 unspecified atom stereocenters. The summed E-state index contributed by atoms with van der Waals surface area (Å²) in [4.78, 5) is 6.73. The highest BCUT2D eigenvalue weighted by Crippen LogP contribution is 2.26. The quantitative estimate of drug-likeness (QED) is 0.669. The average molecular weight is 319 g/mol. The molecule has 5 heteroatoms. The lowest BCUT2D eigenvalue weighted by atomic mass is 10.00. The normalized spacial score (nSPS) is 17.7. The Morgan fingerprint density at radius 2 is 1.96 bits per heavy atom. The molecule has 1 N–H and O–H groups in total. The highest BCUT2D eigenvalue weighted by atomic mass is 16.5. The summed E-state index contributed by atoms with van der Waals surface area (Å²) >= 11 is 0. The van der Waals surface area contributed by atoms with Crippen LogP contribution in [0.25, 0.3) is 0 Å². The van der Waals surface area contributed by atoms with E-state index >= 15 is 0 Å². The van der Waals surface area contributed by atoms with Crippen LogP contribution in [0, 0.1) is 5.92 Å². The van der Waals surface area contributed by atoms with Gasteiger partial charge < -0.3 is 19.7 Å². The first-order chi connectivity index (χ1) is 11.1. The van der Waals surface area contributed by atoms with Crippen LogP contribution in [0.2, 0.25) is 0 Å². The van der Waals surface area contributed by atoms with Gasteiger partial charge in [0, 0.05) is 20.1 Å². The van der Waals surface area contributed by atoms with Crippen LogP contribution in [0.1, 0.15) is 26.7 Å². The third kappa shape index (κ3) is 5.05. The standard InChI is InChI=1S/C18H29N3O2/c1-14-9-11-21(12-10-14)18(19-3)20-13-15(2)23-17-8-6-5-7-16(17)22-4/h5-8,14-15H,9-13H2,1-4H3,(H,19,20). The Morgan fingerprint density at radius 1 is 1.30 bits per heavy atom. The maximum absolute atomic E-state index is 5.97. The van der Waals surface area contributed by atoms with Crippen molar-refractivity contribution in [2.45, 2.75) is 32.8 Å². The summed E-state index contributed by atoms with van der Waals surface area (Å²) in [7, 11) is 3.50. The monoisotopic (exact) mass is 319 g/mol. The number of piperidine rings is 1. The second-order valence-corrected chi connectivity index (χ2v) is 6.18. The van der Waals surface area contributed by atoms with Gasteiger partial charge in [0.25, 0.3) is 0 Å². The number of nitrogens with one attached hydrogen (secondary N) is 1. The lowest BCUT2D eigenvalue weighted by Gasteiger charge is -2.33. The number of aliphatic imine (C=N–C) groups is 1. The van der Waals surface area contributed by atoms with Crippen LogP contribution >= 0.6 is 0 Å². The molecule has 1 aromatic carbocycles. The highest BCUT2D eigenvalue weighted by molar-refractivity contribution is 5.80. The molecule has 0 aromatic heterocycles. The maximum atomic E-state index is 5.97. The predicted octanol–water partition coefficient (Wildman–Crippen LogP) is 2.77. The van der Waals surface area contributed by atoms with E-state index in [2.05, 4.69) is 22.1 Å². The molecule has 0 amide bonds. The minimum atomic E-state index is 0.0202. The van der Waals surface area contributed by atoms with Crippen molar-refractivity contribution in [1.82, 2.24) is 10.2 Å². The predicted molar refractivity (Wildman–Crippen MR) is 94.4 cm³/mol. The number of hydrogen-bond donors (Lipinski definition) is 1. The Bertz CT molecular complexity index is 511. The molecule has 0 saturated carbocycles. The van der Waals surface area contributed by atoms with Gasteiger partial charge in [-0.25, -0.2) is 0 Å². The molecule has 0 bridgehead atoms. The average Bonchev–Trinajstić information content (AvgIpc) is 2.57. The van der Waals surface area contributed by atoms with E-state index in [0.29, 0.717) is 6.54 Å². The lowest BCUT2D eigenvalue weighted by molar-refractivity contribution is 0.209. The molecule has 1 saturated heterocycles. The summed E-state index contributed by atoms with van der Waals surface area (Å²) < 4.78 is 11.3. The van der Waals surface area contributed by atoms with Crippen molar-refractivity contribution in [3.05, 3.63) is 24.3 Å². The summed E-state index contributed by atoms with van der Waals surface area (Å²) in [5, 5.41) is 3.42. The van der Waals surface area contributed by atoms with Crippen LogP contribution in [-0.2, 0) is 0 Å². The molecule has 1 heterocycles. The molecule has 1 fully saturated rings. The van der Waals surface area contributed by atoms with Gasteiger partial charge in [-0.2, -0.15) is 0 Å². The summed E-state index contributed by atoms with van der Waals surface area (Å²) in [6, 6.07) is 7.72. The fourth-order valence-corrected chi connectivity index (χ4v) is 2.76. The molecule has 1 atom stereocenters. The number of benzene rings is 1. The number of likely N-dealkylation sites (tertiary alicyclic amines) is 1. The molecule has 0 spiro atoms. The zero-order valence-electron chi connectivity index (χ0n) is 14.7. The van der Waals surface area contributed by atoms with Gasteiger partial charge in [-0.15, -0.1) is 0 Å². The van der Waals surface area contributed by atoms with E-state index < -0.39 is 0 Å². The van der Waals surface area contributed by atoms with Crippen LogP contribution in [0.5, 0.6) is 11.5 Å². The van der Waals surface area contributed by atoms with E-state index in [1.807, 2.05) is 38.2 Å². The Balaban J connectivity index is 1.84. The molecule has 1 aliphatic heterocycles. The maximum Gasteiger partial charge on any atom is 0.193 e. The van der Waals surface area contributed by atoms with E-state index in [0.717, 1.165) is 36.5 Å². The fourth-order valence-electron chi connectivity index (χ4n) is 2.76. The molecule has 2 rings (SSSR count). The number of guanidine groups is 1. The van der Waals surface area contributed by atoms with Crippen LogP contribution in [0.15, 0.2) is 29.3 Å². The molecule has 0 radical (unpaired) electrons. The van der Waals surface area contributed by atoms with E-state index in [1.165, 1.54) is 12.8 Å². The van der Waals surface area contributed by atoms with Gasteiger partial charge in [-0.3, -0.25) is 4.99 Å². The number of ether oxygens (including phenoxy) is 2. The van der Waals surface area contributed by atoms with Crippen molar-refractivity contribution in [1.29, 1.82) is 0 Å². The number of rotatable bonds is 5. The Morgan fingerprint density at radius 3 is 2.57 bits per heavy atom. The molecule has 128 valence electrons. The third-order valence-electron chi connectivity index (χ3n) is 4.24. The largest absolute Gasteiger partial charge is 0.493 e. The van der Waals surface area contributed by atoms with Gasteiger partial charge in [0.15, 0.2) is 17.5 Å². The number of methoxy groups -OCH3 is 1. The van der Waals surface area contributed by atoms with E-state index in [4.69, 9.17) is 9.47 Å². The van der Waals surface area contributed by atoms with Gasteiger partial charge in [-0.1, -0.05) is 19.1 Å². The van der Waals surface area contributed by atoms with Crippen LogP contribution in [-0.4, -0.2) is 50.8 Å². The van der Waals surface area contributed by atoms with E-state index in [-0.39, 0.29) is 6.10 Å². The zero-order chi connectivity index (χ0) is 16.7. The topological polar surface area (TPSA) is 46.1 Å². The van der Waals surface area contributed by atoms with Gasteiger partial charge >= 0.3 is 0 Å². The lowest BCUT2D eigenvalue weighted by Crippen LogP contribution is -2.47. The molecule has 23 heavy (non-hydrogen) atoms. The molecular formula is C18H29N3O2. The van der Waals surface area contributed by atoms with Crippen LogP contribution in [0.4, 0.5) is 0 Å². The molecule has 1 aliphatic rings. The minimum absolute atomic E-state index is 0.0202. The summed E-state index contributed by atoms with van der Waals surface area (Å²) in [6.45, 7) is 7.21. The van der Waals surface area contributed by atoms with Crippen LogP contribution < -0.4 is 14.8 Å². The van der Waals surface area contributed by atoms with Gasteiger partial charge in [0.1, 0.15) is 6.10 Å². The Hall–Kier alpha value is -1.91. The van der Waals surface area contributed by atoms with Gasteiger partial charge in [0.2, 0.25) is 0 Å². The van der Waals surface area contributed by atoms with Crippen molar-refractivity contribution in [2.75, 3.05) is 33.8 Å². The number of nitrogens with zero attached hydrogens (tertiary/aromatic N) is 2. The van der Waals surface area contributed by atoms with Gasteiger partial charge in [0.05, 0.1) is 13.7 Å². The SMILES string of the molecule is CN=C(NCC(C)Oc1ccccc1OC)N1CCC(C)CC1. The summed E-state index contributed by atoms with van der Waals surface area (Å²) in [6.07, 6.45) is 2.48. The van der Waals surface area contributed by atoms with Crippen molar-refractivity contribution in [3.63, 3.8) is 0 Å². The zero-order valence-corrected chi connectivity index (χ0v) is 14.7. The smallest absolute Gasteiger partial charge is 0.193 e. The van der Waals surface area contributed by atoms with E-state index in [1.54, 1.807) is 7.11 Å². The van der Waals surface area contributed by atoms with Crippen molar-refractivity contribution in [3.8, 4) is 11.5 Å². The first-order valence-electron chi connectivity index (χ1n) is 8.39. The second kappa shape index (κ2) is 8.65. The molecular weight excluding hydrogens is 290 g/mol. The summed E-state index contributed by atoms with van der Waals surface area (Å²) in [5.74, 6) is 3.31. The third-order valence-corrected chi connectivity index (χ3v) is 4.24. The second-order valence-electron chi connectivity index (χ2n) is 6.18. The van der Waals surface area contributed by atoms with Crippen molar-refractivity contribution >= 4 is 5.96 Å². The number of hydrogen-bond acceptors (Lipinski definition) is 3. The number of para-hydroxylation sites is 2. The van der Waals surface area contributed by atoms with E-state index in [9.17, 15) is 0 Å². The van der Waals surface area contributed by atoms with Crippen LogP contribution in [0.3, 0.4) is 0 Å². The van der Waals surface area contributed by atoms with Crippen molar-refractivity contribution in [2.24, 2.45) is 10.9 Å². The Labute approximate surface area is 139 Å². The van der Waals surface area contributed by atoms with Gasteiger partial charge in [-0.05, 0) is 37.8 Å². The first kappa shape index (κ1) is 17.4. The fraction of sp³-hybridized carbons (Fsp3) is 0.611. The summed E-state index contributed by atoms with van der Waals surface area (Å²) in [5.41, 5.74) is 0. The first-order valence-corrected chi connectivity index (χ1v) is 8.39. The Kier molecular flexibility index (Phi) is 6.56. The highest BCUT2D eigenvalue weighted by Gasteiger charge is 2.19. The molecule has 5 nitrogen and oxygen atoms in total. The molecule has 0 aliphatic carbocycles. The minimum Gasteiger partial charge on any atom is -0.493 e. The van der Waals surface area contributed by atoms with Crippen molar-refractivity contribution < 1.29 is 9.47 Å². The molecule has 1 aromatic rings.